The van der Waals surface area contributed by atoms with Crippen LogP contribution in [0.4, 0.5) is 11.4 Å². The molecule has 0 unspecified atom stereocenters. The number of furan rings is 1. The lowest BCUT2D eigenvalue weighted by Crippen LogP contribution is -2.60. The molecule has 0 fully saturated rings. The van der Waals surface area contributed by atoms with Crippen LogP contribution >= 0.6 is 0 Å². The van der Waals surface area contributed by atoms with Crippen molar-refractivity contribution >= 4 is 83.7 Å². The molecule has 7 aromatic carbocycles. The van der Waals surface area contributed by atoms with Crippen molar-refractivity contribution in [2.75, 3.05) is 4.81 Å². The molecule has 2 aliphatic rings. The van der Waals surface area contributed by atoms with E-state index in [1.165, 1.54) is 71.7 Å². The minimum absolute atomic E-state index is 0.0322. The standard InChI is InChI=1S/C44H31BN2O/c1-44(2,3)29-19-21-30(22-20-29)47-37-25-27-12-5-4-11-26(27)23-34(37)35-24-28-13-6-7-14-31(28)41-39(35)45(47)36-17-10-16-33-40(36)46(41)42-32-15-8-9-18-38(32)48-43(33)42/h4-25H,1-3H3. The lowest BCUT2D eigenvalue weighted by molar-refractivity contribution is 0.590. The molecule has 4 heterocycles. The largest absolute Gasteiger partial charge is 0.454 e. The normalized spacial score (nSPS) is 13.6. The summed E-state index contributed by atoms with van der Waals surface area (Å²) in [5, 5.41) is 7.31. The summed E-state index contributed by atoms with van der Waals surface area (Å²) in [6, 6.07) is 49.5. The Hall–Kier alpha value is -5.74. The smallest absolute Gasteiger partial charge is 0.333 e. The molecule has 0 saturated carbocycles. The molecule has 11 rings (SSSR count). The summed E-state index contributed by atoms with van der Waals surface area (Å²) in [6.07, 6.45) is 0. The first-order chi connectivity index (χ1) is 23.5. The van der Waals surface area contributed by atoms with E-state index in [0.29, 0.717) is 0 Å². The van der Waals surface area contributed by atoms with Crippen LogP contribution in [0, 0.1) is 0 Å². The van der Waals surface area contributed by atoms with Gasteiger partial charge in [-0.05, 0) is 92.2 Å². The van der Waals surface area contributed by atoms with Crippen molar-refractivity contribution in [2.45, 2.75) is 26.2 Å². The Bertz CT molecular complexity index is 2830. The van der Waals surface area contributed by atoms with Gasteiger partial charge in [-0.25, -0.2) is 0 Å². The van der Waals surface area contributed by atoms with Gasteiger partial charge in [0.2, 0.25) is 0 Å². The second-order valence-electron chi connectivity index (χ2n) is 14.5. The number of hydrogen-bond acceptors (Lipinski definition) is 2. The van der Waals surface area contributed by atoms with E-state index in [4.69, 9.17) is 4.42 Å². The number of anilines is 2. The van der Waals surface area contributed by atoms with Crippen molar-refractivity contribution in [3.63, 3.8) is 0 Å². The lowest BCUT2D eigenvalue weighted by atomic mass is 9.43. The fourth-order valence-corrected chi connectivity index (χ4v) is 8.69. The number of rotatable bonds is 1. The Kier molecular flexibility index (Phi) is 4.93. The highest BCUT2D eigenvalue weighted by Gasteiger charge is 2.45. The molecular weight excluding hydrogens is 583 g/mol. The third kappa shape index (κ3) is 3.29. The van der Waals surface area contributed by atoms with Gasteiger partial charge in [-0.2, -0.15) is 0 Å². The Morgan fingerprint density at radius 3 is 2.04 bits per heavy atom. The fraction of sp³-hybridized carbons (Fsp3) is 0.0909. The zero-order valence-electron chi connectivity index (χ0n) is 27.1. The highest BCUT2D eigenvalue weighted by atomic mass is 16.3. The van der Waals surface area contributed by atoms with Crippen LogP contribution < -0.4 is 15.7 Å². The summed E-state index contributed by atoms with van der Waals surface area (Å²) in [6.45, 7) is 6.82. The Labute approximate surface area is 278 Å². The van der Waals surface area contributed by atoms with Gasteiger partial charge >= 0.3 is 6.85 Å². The molecule has 0 aliphatic carbocycles. The maximum Gasteiger partial charge on any atom is 0.333 e. The molecule has 3 nitrogen and oxygen atoms in total. The van der Waals surface area contributed by atoms with E-state index < -0.39 is 0 Å². The van der Waals surface area contributed by atoms with Gasteiger partial charge in [-0.3, -0.25) is 0 Å². The SMILES string of the molecule is CC(C)(C)c1ccc(N2B3c4c(cc5ccccc5c4-n4c5c3cccc5c3oc5ccccc5c34)-c3cc4ccccc4cc32)cc1. The number of benzene rings is 7. The summed E-state index contributed by atoms with van der Waals surface area (Å²) >= 11 is 0. The molecule has 9 aromatic rings. The van der Waals surface area contributed by atoms with Crippen molar-refractivity contribution in [2.24, 2.45) is 0 Å². The Balaban J connectivity index is 1.35. The minimum Gasteiger partial charge on any atom is -0.454 e. The molecule has 48 heavy (non-hydrogen) atoms. The molecule has 0 amide bonds. The first-order valence-electron chi connectivity index (χ1n) is 16.9. The van der Waals surface area contributed by atoms with Crippen LogP contribution in [0.15, 0.2) is 138 Å². The van der Waals surface area contributed by atoms with Crippen LogP contribution in [-0.2, 0) is 5.41 Å². The number of aromatic nitrogens is 1. The monoisotopic (exact) mass is 614 g/mol. The van der Waals surface area contributed by atoms with E-state index in [1.807, 2.05) is 0 Å². The number of para-hydroxylation sites is 2. The maximum atomic E-state index is 6.71. The molecule has 2 aliphatic heterocycles. The zero-order valence-corrected chi connectivity index (χ0v) is 27.1. The van der Waals surface area contributed by atoms with Crippen LogP contribution in [0.3, 0.4) is 0 Å². The minimum atomic E-state index is -0.0322. The molecule has 0 atom stereocenters. The van der Waals surface area contributed by atoms with Gasteiger partial charge in [0, 0.05) is 33.1 Å². The maximum absolute atomic E-state index is 6.71. The molecule has 0 saturated heterocycles. The average Bonchev–Trinajstić information content (AvgIpc) is 3.64. The molecule has 0 bridgehead atoms. The summed E-state index contributed by atoms with van der Waals surface area (Å²) in [5.41, 5.74) is 14.6. The molecule has 2 aromatic heterocycles. The second-order valence-corrected chi connectivity index (χ2v) is 14.5. The zero-order chi connectivity index (χ0) is 31.9. The van der Waals surface area contributed by atoms with Crippen molar-refractivity contribution in [3.8, 4) is 16.8 Å². The van der Waals surface area contributed by atoms with Gasteiger partial charge in [-0.1, -0.05) is 106 Å². The molecule has 226 valence electrons. The van der Waals surface area contributed by atoms with E-state index in [0.717, 1.165) is 27.5 Å². The van der Waals surface area contributed by atoms with E-state index in [9.17, 15) is 0 Å². The first-order valence-corrected chi connectivity index (χ1v) is 16.9. The number of hydrogen-bond donors (Lipinski definition) is 0. The van der Waals surface area contributed by atoms with Crippen LogP contribution in [0.5, 0.6) is 0 Å². The number of nitrogens with zero attached hydrogens (tertiary/aromatic N) is 2. The summed E-state index contributed by atoms with van der Waals surface area (Å²) < 4.78 is 9.25. The third-order valence-corrected chi connectivity index (χ3v) is 10.9. The van der Waals surface area contributed by atoms with E-state index in [-0.39, 0.29) is 12.3 Å². The van der Waals surface area contributed by atoms with Gasteiger partial charge < -0.3 is 13.8 Å². The second kappa shape index (κ2) is 8.99. The molecular formula is C44H31BN2O. The van der Waals surface area contributed by atoms with Gasteiger partial charge in [0.25, 0.3) is 0 Å². The van der Waals surface area contributed by atoms with Gasteiger partial charge in [0.15, 0.2) is 5.58 Å². The van der Waals surface area contributed by atoms with E-state index >= 15 is 0 Å². The summed E-state index contributed by atoms with van der Waals surface area (Å²) in [7, 11) is 0. The highest BCUT2D eigenvalue weighted by Crippen LogP contribution is 2.48. The Morgan fingerprint density at radius 2 is 1.25 bits per heavy atom. The van der Waals surface area contributed by atoms with Crippen molar-refractivity contribution in [3.05, 3.63) is 139 Å². The van der Waals surface area contributed by atoms with Crippen LogP contribution in [0.2, 0.25) is 0 Å². The number of fused-ring (bicyclic) bond motifs is 12. The summed E-state index contributed by atoms with van der Waals surface area (Å²) in [5.74, 6) is 0. The molecule has 0 radical (unpaired) electrons. The molecule has 0 N–H and O–H groups in total. The van der Waals surface area contributed by atoms with Crippen LogP contribution in [-0.4, -0.2) is 11.4 Å². The van der Waals surface area contributed by atoms with Crippen molar-refractivity contribution < 1.29 is 4.42 Å². The van der Waals surface area contributed by atoms with Gasteiger partial charge in [0.05, 0.1) is 11.2 Å². The first kappa shape index (κ1) is 26.3. The van der Waals surface area contributed by atoms with Crippen LogP contribution in [0.1, 0.15) is 26.3 Å². The summed E-state index contributed by atoms with van der Waals surface area (Å²) in [4.78, 5) is 2.61. The quantitative estimate of drug-likeness (QED) is 0.172. The van der Waals surface area contributed by atoms with Crippen molar-refractivity contribution in [1.29, 1.82) is 0 Å². The average molecular weight is 615 g/mol. The van der Waals surface area contributed by atoms with Gasteiger partial charge in [0.1, 0.15) is 11.1 Å². The fourth-order valence-electron chi connectivity index (χ4n) is 8.69. The molecule has 4 heteroatoms. The van der Waals surface area contributed by atoms with Gasteiger partial charge in [-0.15, -0.1) is 0 Å². The van der Waals surface area contributed by atoms with Crippen molar-refractivity contribution in [1.82, 2.24) is 4.57 Å². The van der Waals surface area contributed by atoms with E-state index in [1.54, 1.807) is 0 Å². The topological polar surface area (TPSA) is 21.3 Å². The molecule has 0 spiro atoms. The van der Waals surface area contributed by atoms with Crippen LogP contribution in [0.25, 0.3) is 71.3 Å². The van der Waals surface area contributed by atoms with E-state index in [2.05, 4.69) is 164 Å². The predicted molar refractivity (Wildman–Crippen MR) is 203 cm³/mol. The lowest BCUT2D eigenvalue weighted by Gasteiger charge is -2.42. The highest BCUT2D eigenvalue weighted by molar-refractivity contribution is 6.94. The Morgan fingerprint density at radius 1 is 0.583 bits per heavy atom. The third-order valence-electron chi connectivity index (χ3n) is 10.9. The predicted octanol–water partition coefficient (Wildman–Crippen LogP) is 10.4.